The van der Waals surface area contributed by atoms with Gasteiger partial charge in [0.25, 0.3) is 5.91 Å². The van der Waals surface area contributed by atoms with E-state index in [0.717, 1.165) is 22.6 Å². The second-order valence-electron chi connectivity index (χ2n) is 6.55. The van der Waals surface area contributed by atoms with Gasteiger partial charge in [0.05, 0.1) is 7.11 Å². The summed E-state index contributed by atoms with van der Waals surface area (Å²) in [5.74, 6) is 2.47. The summed E-state index contributed by atoms with van der Waals surface area (Å²) in [4.78, 5) is 12.4. The van der Waals surface area contributed by atoms with Gasteiger partial charge in [-0.2, -0.15) is 0 Å². The molecule has 1 N–H and O–H groups in total. The molecule has 1 heterocycles. The van der Waals surface area contributed by atoms with Gasteiger partial charge < -0.3 is 19.3 Å². The molecule has 0 aliphatic rings. The van der Waals surface area contributed by atoms with E-state index in [4.69, 9.17) is 14.0 Å². The number of carbonyl (C=O) groups excluding carboxylic acids is 1. The van der Waals surface area contributed by atoms with Gasteiger partial charge >= 0.3 is 0 Å². The molecule has 30 heavy (non-hydrogen) atoms. The van der Waals surface area contributed by atoms with E-state index in [0.29, 0.717) is 18.1 Å². The first-order chi connectivity index (χ1) is 14.7. The number of amides is 1. The van der Waals surface area contributed by atoms with Gasteiger partial charge in [0.2, 0.25) is 0 Å². The topological polar surface area (TPSA) is 73.6 Å². The zero-order valence-electron chi connectivity index (χ0n) is 16.4. The van der Waals surface area contributed by atoms with Crippen molar-refractivity contribution in [1.82, 2.24) is 10.5 Å². The normalized spacial score (nSPS) is 10.4. The number of nitrogens with one attached hydrogen (secondary N) is 1. The Morgan fingerprint density at radius 3 is 2.20 bits per heavy atom. The van der Waals surface area contributed by atoms with Crippen molar-refractivity contribution in [3.05, 3.63) is 96.2 Å². The van der Waals surface area contributed by atoms with Crippen molar-refractivity contribution < 1.29 is 18.8 Å². The van der Waals surface area contributed by atoms with Gasteiger partial charge in [-0.25, -0.2) is 0 Å². The summed E-state index contributed by atoms with van der Waals surface area (Å²) >= 11 is 0. The van der Waals surface area contributed by atoms with Gasteiger partial charge in [-0.1, -0.05) is 47.6 Å². The van der Waals surface area contributed by atoms with E-state index in [1.165, 1.54) is 0 Å². The van der Waals surface area contributed by atoms with Crippen LogP contribution in [-0.2, 0) is 6.54 Å². The summed E-state index contributed by atoms with van der Waals surface area (Å²) in [5, 5.41) is 6.71. The maximum atomic E-state index is 12.4. The number of methoxy groups -OCH3 is 1. The Kier molecular flexibility index (Phi) is 5.75. The standard InChI is InChI=1S/C24H20N2O4/c1-28-19-11-13-21(14-12-19)29-20-9-7-17(8-10-20)16-25-24(27)22-15-23(30-26-22)18-5-3-2-4-6-18/h2-15H,16H2,1H3,(H,25,27). The van der Waals surface area contributed by atoms with Crippen LogP contribution in [0, 0.1) is 0 Å². The first-order valence-corrected chi connectivity index (χ1v) is 9.42. The average Bonchev–Trinajstić information content (AvgIpc) is 3.30. The third-order valence-corrected chi connectivity index (χ3v) is 4.47. The smallest absolute Gasteiger partial charge is 0.273 e. The highest BCUT2D eigenvalue weighted by atomic mass is 16.5. The minimum Gasteiger partial charge on any atom is -0.497 e. The van der Waals surface area contributed by atoms with Crippen LogP contribution in [0.5, 0.6) is 17.2 Å². The molecular formula is C24H20N2O4. The predicted molar refractivity (Wildman–Crippen MR) is 113 cm³/mol. The lowest BCUT2D eigenvalue weighted by molar-refractivity contribution is 0.0942. The van der Waals surface area contributed by atoms with Crippen molar-refractivity contribution in [2.45, 2.75) is 6.54 Å². The number of nitrogens with zero attached hydrogens (tertiary/aromatic N) is 1. The zero-order valence-corrected chi connectivity index (χ0v) is 16.4. The van der Waals surface area contributed by atoms with Crippen LogP contribution in [-0.4, -0.2) is 18.2 Å². The Hall–Kier alpha value is -4.06. The third-order valence-electron chi connectivity index (χ3n) is 4.47. The fourth-order valence-corrected chi connectivity index (χ4v) is 2.85. The fourth-order valence-electron chi connectivity index (χ4n) is 2.85. The quantitative estimate of drug-likeness (QED) is 0.469. The molecule has 0 radical (unpaired) electrons. The van der Waals surface area contributed by atoms with Crippen molar-refractivity contribution in [2.24, 2.45) is 0 Å². The molecule has 0 aliphatic heterocycles. The highest BCUT2D eigenvalue weighted by Crippen LogP contribution is 2.24. The van der Waals surface area contributed by atoms with Crippen LogP contribution in [0.25, 0.3) is 11.3 Å². The first kappa shape index (κ1) is 19.3. The van der Waals surface area contributed by atoms with E-state index in [9.17, 15) is 4.79 Å². The molecule has 4 aromatic rings. The summed E-state index contributed by atoms with van der Waals surface area (Å²) in [6, 6.07) is 26.0. The molecule has 1 amide bonds. The lowest BCUT2D eigenvalue weighted by Gasteiger charge is -2.08. The largest absolute Gasteiger partial charge is 0.497 e. The Morgan fingerprint density at radius 2 is 1.53 bits per heavy atom. The molecule has 0 saturated carbocycles. The molecule has 4 rings (SSSR count). The van der Waals surface area contributed by atoms with Gasteiger partial charge in [0, 0.05) is 18.2 Å². The minimum absolute atomic E-state index is 0.244. The number of aromatic nitrogens is 1. The highest BCUT2D eigenvalue weighted by Gasteiger charge is 2.13. The first-order valence-electron chi connectivity index (χ1n) is 9.42. The fraction of sp³-hybridized carbons (Fsp3) is 0.0833. The second kappa shape index (κ2) is 8.96. The van der Waals surface area contributed by atoms with E-state index in [2.05, 4.69) is 10.5 Å². The maximum Gasteiger partial charge on any atom is 0.273 e. The van der Waals surface area contributed by atoms with Gasteiger partial charge in [-0.05, 0) is 42.0 Å². The number of ether oxygens (including phenoxy) is 2. The SMILES string of the molecule is COc1ccc(Oc2ccc(CNC(=O)c3cc(-c4ccccc4)on3)cc2)cc1. The number of hydrogen-bond acceptors (Lipinski definition) is 5. The molecule has 0 bridgehead atoms. The van der Waals surface area contributed by atoms with Crippen LogP contribution >= 0.6 is 0 Å². The van der Waals surface area contributed by atoms with E-state index < -0.39 is 0 Å². The van der Waals surface area contributed by atoms with Crippen molar-refractivity contribution in [1.29, 1.82) is 0 Å². The lowest BCUT2D eigenvalue weighted by atomic mass is 10.1. The molecule has 0 saturated heterocycles. The van der Waals surface area contributed by atoms with Gasteiger partial charge in [0.1, 0.15) is 17.2 Å². The van der Waals surface area contributed by atoms with Crippen LogP contribution in [0.1, 0.15) is 16.1 Å². The summed E-state index contributed by atoms with van der Waals surface area (Å²) in [5.41, 5.74) is 2.06. The molecular weight excluding hydrogens is 380 g/mol. The van der Waals surface area contributed by atoms with Crippen molar-refractivity contribution in [2.75, 3.05) is 7.11 Å². The molecule has 0 atom stereocenters. The number of hydrogen-bond donors (Lipinski definition) is 1. The molecule has 6 heteroatoms. The van der Waals surface area contributed by atoms with Gasteiger partial charge in [-0.15, -0.1) is 0 Å². The van der Waals surface area contributed by atoms with Gasteiger partial charge in [-0.3, -0.25) is 4.79 Å². The highest BCUT2D eigenvalue weighted by molar-refractivity contribution is 5.93. The summed E-state index contributed by atoms with van der Waals surface area (Å²) in [7, 11) is 1.62. The molecule has 0 aliphatic carbocycles. The Bertz CT molecular complexity index is 1100. The van der Waals surface area contributed by atoms with E-state index >= 15 is 0 Å². The summed E-state index contributed by atoms with van der Waals surface area (Å²) in [6.45, 7) is 0.370. The third kappa shape index (κ3) is 4.67. The molecule has 0 spiro atoms. The molecule has 0 unspecified atom stereocenters. The Balaban J connectivity index is 1.32. The van der Waals surface area contributed by atoms with Crippen LogP contribution in [0.4, 0.5) is 0 Å². The Labute approximate surface area is 174 Å². The van der Waals surface area contributed by atoms with Crippen LogP contribution < -0.4 is 14.8 Å². The van der Waals surface area contributed by atoms with E-state index in [1.54, 1.807) is 13.2 Å². The van der Waals surface area contributed by atoms with Crippen LogP contribution in [0.2, 0.25) is 0 Å². The maximum absolute atomic E-state index is 12.4. The van der Waals surface area contributed by atoms with Crippen LogP contribution in [0.3, 0.4) is 0 Å². The zero-order chi connectivity index (χ0) is 20.8. The Morgan fingerprint density at radius 1 is 0.900 bits per heavy atom. The monoisotopic (exact) mass is 400 g/mol. The number of benzene rings is 3. The van der Waals surface area contributed by atoms with Crippen molar-refractivity contribution in [3.63, 3.8) is 0 Å². The predicted octanol–water partition coefficient (Wildman–Crippen LogP) is 5.07. The lowest BCUT2D eigenvalue weighted by Crippen LogP contribution is -2.22. The number of rotatable bonds is 7. The second-order valence-corrected chi connectivity index (χ2v) is 6.55. The molecule has 6 nitrogen and oxygen atoms in total. The molecule has 1 aromatic heterocycles. The molecule has 150 valence electrons. The minimum atomic E-state index is -0.292. The van der Waals surface area contributed by atoms with Crippen LogP contribution in [0.15, 0.2) is 89.5 Å². The van der Waals surface area contributed by atoms with Gasteiger partial charge in [0.15, 0.2) is 11.5 Å². The summed E-state index contributed by atoms with van der Waals surface area (Å²) < 4.78 is 16.2. The van der Waals surface area contributed by atoms with E-state index in [1.807, 2.05) is 78.9 Å². The molecule has 3 aromatic carbocycles. The number of carbonyl (C=O) groups is 1. The average molecular weight is 400 g/mol. The summed E-state index contributed by atoms with van der Waals surface area (Å²) in [6.07, 6.45) is 0. The van der Waals surface area contributed by atoms with Crippen molar-refractivity contribution >= 4 is 5.91 Å². The van der Waals surface area contributed by atoms with Crippen molar-refractivity contribution in [3.8, 4) is 28.6 Å². The molecule has 0 fully saturated rings. The van der Waals surface area contributed by atoms with E-state index in [-0.39, 0.29) is 11.6 Å².